The minimum absolute atomic E-state index is 0. The Morgan fingerprint density at radius 1 is 0.939 bits per heavy atom. The summed E-state index contributed by atoms with van der Waals surface area (Å²) in [7, 11) is -6.33. The maximum Gasteiger partial charge on any atom is 0.307 e. The lowest BCUT2D eigenvalue weighted by atomic mass is 10.1. The van der Waals surface area contributed by atoms with Gasteiger partial charge in [-0.1, -0.05) is 26.0 Å². The first kappa shape index (κ1) is 31.8. The van der Waals surface area contributed by atoms with Crippen molar-refractivity contribution in [2.24, 2.45) is 0 Å². The SMILES string of the molecule is Br.CCN(CC)C(C)OC(=O)CCCc1ccc(N(CCS(C)(=O)=O)CCS(C)(=O)=O)cc1. The van der Waals surface area contributed by atoms with E-state index < -0.39 is 19.7 Å². The van der Waals surface area contributed by atoms with Crippen molar-refractivity contribution < 1.29 is 26.4 Å². The number of carbonyl (C=O) groups is 1. The Bertz CT molecular complexity index is 881. The van der Waals surface area contributed by atoms with Crippen molar-refractivity contribution in [1.29, 1.82) is 0 Å². The topological polar surface area (TPSA) is 101 Å². The molecule has 0 amide bonds. The molecule has 0 aliphatic rings. The van der Waals surface area contributed by atoms with Gasteiger partial charge in [0.1, 0.15) is 19.7 Å². The Hall–Kier alpha value is -1.17. The number of halogens is 1. The van der Waals surface area contributed by atoms with Crippen molar-refractivity contribution in [1.82, 2.24) is 4.90 Å². The second-order valence-electron chi connectivity index (χ2n) is 8.08. The van der Waals surface area contributed by atoms with E-state index in [-0.39, 0.29) is 53.8 Å². The van der Waals surface area contributed by atoms with Crippen LogP contribution in [0.2, 0.25) is 0 Å². The Balaban J connectivity index is 0.0000102. The summed E-state index contributed by atoms with van der Waals surface area (Å²) >= 11 is 0. The van der Waals surface area contributed by atoms with E-state index in [1.807, 2.05) is 45.0 Å². The minimum Gasteiger partial charge on any atom is -0.447 e. The van der Waals surface area contributed by atoms with Crippen LogP contribution in [0.15, 0.2) is 24.3 Å². The quantitative estimate of drug-likeness (QED) is 0.234. The van der Waals surface area contributed by atoms with Crippen LogP contribution < -0.4 is 4.90 Å². The highest BCUT2D eigenvalue weighted by Crippen LogP contribution is 2.17. The molecule has 0 aliphatic heterocycles. The number of aryl methyl sites for hydroxylation is 1. The number of ether oxygens (including phenoxy) is 1. The molecule has 0 fully saturated rings. The van der Waals surface area contributed by atoms with Gasteiger partial charge in [-0.3, -0.25) is 9.69 Å². The van der Waals surface area contributed by atoms with Crippen molar-refractivity contribution in [2.75, 3.05) is 55.1 Å². The van der Waals surface area contributed by atoms with Crippen molar-refractivity contribution in [3.63, 3.8) is 0 Å². The Morgan fingerprint density at radius 2 is 1.42 bits per heavy atom. The monoisotopic (exact) mass is 570 g/mol. The summed E-state index contributed by atoms with van der Waals surface area (Å²) in [6.07, 6.45) is 3.80. The van der Waals surface area contributed by atoms with Crippen LogP contribution in [-0.4, -0.2) is 84.1 Å². The normalized spacial score (nSPS) is 12.8. The van der Waals surface area contributed by atoms with Gasteiger partial charge in [-0.2, -0.15) is 0 Å². The molecule has 0 aromatic heterocycles. The molecular weight excluding hydrogens is 532 g/mol. The predicted molar refractivity (Wildman–Crippen MR) is 140 cm³/mol. The lowest BCUT2D eigenvalue weighted by Crippen LogP contribution is -2.36. The third-order valence-electron chi connectivity index (χ3n) is 5.24. The third kappa shape index (κ3) is 14.0. The number of nitrogens with zero attached hydrogens (tertiary/aromatic N) is 2. The average molecular weight is 572 g/mol. The van der Waals surface area contributed by atoms with E-state index in [1.165, 1.54) is 12.5 Å². The van der Waals surface area contributed by atoms with Gasteiger partial charge in [0.15, 0.2) is 6.23 Å². The third-order valence-corrected chi connectivity index (χ3v) is 7.09. The smallest absolute Gasteiger partial charge is 0.307 e. The molecule has 0 spiro atoms. The number of carbonyl (C=O) groups excluding carboxylic acids is 1. The summed E-state index contributed by atoms with van der Waals surface area (Å²) in [5.41, 5.74) is 1.82. The maximum atomic E-state index is 12.1. The molecule has 1 aromatic carbocycles. The molecule has 1 rings (SSSR count). The predicted octanol–water partition coefficient (Wildman–Crippen LogP) is 2.71. The van der Waals surface area contributed by atoms with Crippen LogP contribution in [0, 0.1) is 0 Å². The van der Waals surface area contributed by atoms with Gasteiger partial charge in [-0.25, -0.2) is 16.8 Å². The van der Waals surface area contributed by atoms with Crippen LogP contribution in [0.4, 0.5) is 5.69 Å². The molecule has 1 unspecified atom stereocenters. The second kappa shape index (κ2) is 15.0. The van der Waals surface area contributed by atoms with E-state index in [0.717, 1.165) is 24.3 Å². The second-order valence-corrected chi connectivity index (χ2v) is 12.6. The molecule has 0 bridgehead atoms. The highest BCUT2D eigenvalue weighted by molar-refractivity contribution is 8.93. The molecule has 33 heavy (non-hydrogen) atoms. The molecule has 0 N–H and O–H groups in total. The van der Waals surface area contributed by atoms with Gasteiger partial charge < -0.3 is 9.64 Å². The molecule has 0 radical (unpaired) electrons. The Labute approximate surface area is 210 Å². The fourth-order valence-corrected chi connectivity index (χ4v) is 4.40. The fourth-order valence-electron chi connectivity index (χ4n) is 3.29. The van der Waals surface area contributed by atoms with Gasteiger partial charge in [0.2, 0.25) is 0 Å². The molecule has 0 heterocycles. The van der Waals surface area contributed by atoms with Gasteiger partial charge in [0.05, 0.1) is 11.5 Å². The summed E-state index contributed by atoms with van der Waals surface area (Å²) in [6.45, 7) is 8.03. The van der Waals surface area contributed by atoms with E-state index in [2.05, 4.69) is 4.90 Å². The zero-order valence-corrected chi connectivity index (χ0v) is 23.7. The average Bonchev–Trinajstić information content (AvgIpc) is 2.68. The standard InChI is InChI=1S/C22H38N2O6S2.BrH/c1-6-23(7-2)19(3)30-22(25)10-8-9-20-11-13-21(14-12-20)24(15-17-31(4,26)27)16-18-32(5,28)29;/h11-14,19H,6-10,15-18H2,1-5H3;1H. The molecule has 0 saturated heterocycles. The number of hydrogen-bond acceptors (Lipinski definition) is 8. The van der Waals surface area contributed by atoms with Crippen LogP contribution in [0.1, 0.15) is 39.2 Å². The van der Waals surface area contributed by atoms with E-state index in [1.54, 1.807) is 4.90 Å². The van der Waals surface area contributed by atoms with Crippen LogP contribution in [-0.2, 0) is 35.6 Å². The number of anilines is 1. The van der Waals surface area contributed by atoms with E-state index in [4.69, 9.17) is 4.74 Å². The van der Waals surface area contributed by atoms with Gasteiger partial charge >= 0.3 is 5.97 Å². The molecular formula is C22H39BrN2O6S2. The number of rotatable bonds is 15. The number of benzene rings is 1. The summed E-state index contributed by atoms with van der Waals surface area (Å²) in [4.78, 5) is 15.9. The molecule has 0 saturated carbocycles. The summed E-state index contributed by atoms with van der Waals surface area (Å²) in [5.74, 6) is -0.312. The first-order chi connectivity index (χ1) is 14.8. The lowest BCUT2D eigenvalue weighted by Gasteiger charge is -2.25. The Morgan fingerprint density at radius 3 is 1.85 bits per heavy atom. The van der Waals surface area contributed by atoms with E-state index in [9.17, 15) is 21.6 Å². The number of sulfone groups is 2. The molecule has 11 heteroatoms. The highest BCUT2D eigenvalue weighted by atomic mass is 79.9. The van der Waals surface area contributed by atoms with Crippen molar-refractivity contribution in [3.05, 3.63) is 29.8 Å². The largest absolute Gasteiger partial charge is 0.447 e. The summed E-state index contributed by atoms with van der Waals surface area (Å²) < 4.78 is 51.7. The summed E-state index contributed by atoms with van der Waals surface area (Å²) in [6, 6.07) is 7.57. The van der Waals surface area contributed by atoms with E-state index in [0.29, 0.717) is 19.3 Å². The number of esters is 1. The first-order valence-electron chi connectivity index (χ1n) is 11.0. The zero-order chi connectivity index (χ0) is 24.4. The lowest BCUT2D eigenvalue weighted by molar-refractivity contribution is -0.157. The van der Waals surface area contributed by atoms with E-state index >= 15 is 0 Å². The maximum absolute atomic E-state index is 12.1. The Kier molecular flexibility index (Phi) is 14.4. The molecule has 0 aliphatic carbocycles. The molecule has 1 aromatic rings. The molecule has 192 valence electrons. The molecule has 1 atom stereocenters. The van der Waals surface area contributed by atoms with Gasteiger partial charge in [0.25, 0.3) is 0 Å². The molecule has 8 nitrogen and oxygen atoms in total. The zero-order valence-electron chi connectivity index (χ0n) is 20.3. The van der Waals surface area contributed by atoms with Crippen molar-refractivity contribution in [3.8, 4) is 0 Å². The van der Waals surface area contributed by atoms with Gasteiger partial charge in [0, 0.05) is 37.7 Å². The fraction of sp³-hybridized carbons (Fsp3) is 0.682. The van der Waals surface area contributed by atoms with Gasteiger partial charge in [-0.15, -0.1) is 17.0 Å². The van der Waals surface area contributed by atoms with Gasteiger partial charge in [-0.05, 0) is 50.6 Å². The summed E-state index contributed by atoms with van der Waals surface area (Å²) in [5, 5.41) is 0. The highest BCUT2D eigenvalue weighted by Gasteiger charge is 2.15. The van der Waals surface area contributed by atoms with Crippen molar-refractivity contribution >= 4 is 48.3 Å². The van der Waals surface area contributed by atoms with Crippen LogP contribution >= 0.6 is 17.0 Å². The van der Waals surface area contributed by atoms with Crippen LogP contribution in [0.5, 0.6) is 0 Å². The minimum atomic E-state index is -3.17. The van der Waals surface area contributed by atoms with Crippen LogP contribution in [0.25, 0.3) is 0 Å². The van der Waals surface area contributed by atoms with Crippen LogP contribution in [0.3, 0.4) is 0 Å². The van der Waals surface area contributed by atoms with Crippen molar-refractivity contribution in [2.45, 2.75) is 46.3 Å². The first-order valence-corrected chi connectivity index (χ1v) is 15.1. The number of hydrogen-bond donors (Lipinski definition) is 0.